The van der Waals surface area contributed by atoms with Crippen molar-refractivity contribution < 1.29 is 9.53 Å². The van der Waals surface area contributed by atoms with E-state index in [-0.39, 0.29) is 5.78 Å². The van der Waals surface area contributed by atoms with Gasteiger partial charge in [-0.05, 0) is 35.9 Å². The molecular weight excluding hydrogens is 284 g/mol. The van der Waals surface area contributed by atoms with Crippen molar-refractivity contribution in [2.75, 3.05) is 0 Å². The SMILES string of the molecule is O=C(/C=C/c1ccccc1)c1cccc(Oc2ccccc2)c1. The van der Waals surface area contributed by atoms with Gasteiger partial charge in [0.2, 0.25) is 0 Å². The minimum atomic E-state index is -0.0487. The van der Waals surface area contributed by atoms with Crippen molar-refractivity contribution in [2.24, 2.45) is 0 Å². The molecule has 0 fully saturated rings. The molecule has 0 aliphatic heterocycles. The molecule has 3 aromatic carbocycles. The van der Waals surface area contributed by atoms with Crippen molar-refractivity contribution in [1.82, 2.24) is 0 Å². The second-order valence-electron chi connectivity index (χ2n) is 5.05. The fourth-order valence-corrected chi connectivity index (χ4v) is 2.17. The first-order valence-corrected chi connectivity index (χ1v) is 7.42. The fraction of sp³-hybridized carbons (Fsp3) is 0. The van der Waals surface area contributed by atoms with Crippen LogP contribution in [0.4, 0.5) is 0 Å². The Kier molecular flexibility index (Phi) is 4.65. The van der Waals surface area contributed by atoms with Gasteiger partial charge in [-0.1, -0.05) is 66.7 Å². The van der Waals surface area contributed by atoms with Crippen molar-refractivity contribution in [1.29, 1.82) is 0 Å². The van der Waals surface area contributed by atoms with Crippen LogP contribution in [0.5, 0.6) is 11.5 Å². The Hall–Kier alpha value is -3.13. The molecule has 3 rings (SSSR count). The molecule has 0 N–H and O–H groups in total. The average Bonchev–Trinajstić information content (AvgIpc) is 2.62. The van der Waals surface area contributed by atoms with Crippen LogP contribution < -0.4 is 4.74 Å². The molecule has 112 valence electrons. The smallest absolute Gasteiger partial charge is 0.185 e. The zero-order chi connectivity index (χ0) is 15.9. The third-order valence-corrected chi connectivity index (χ3v) is 3.32. The third kappa shape index (κ3) is 4.17. The van der Waals surface area contributed by atoms with Gasteiger partial charge in [0.05, 0.1) is 0 Å². The molecule has 0 heterocycles. The second-order valence-corrected chi connectivity index (χ2v) is 5.05. The van der Waals surface area contributed by atoms with Crippen LogP contribution in [0.2, 0.25) is 0 Å². The summed E-state index contributed by atoms with van der Waals surface area (Å²) in [6, 6.07) is 26.5. The summed E-state index contributed by atoms with van der Waals surface area (Å²) >= 11 is 0. The van der Waals surface area contributed by atoms with Crippen LogP contribution in [0, 0.1) is 0 Å². The van der Waals surface area contributed by atoms with Crippen molar-refractivity contribution in [2.45, 2.75) is 0 Å². The maximum absolute atomic E-state index is 12.3. The van der Waals surface area contributed by atoms with E-state index in [2.05, 4.69) is 0 Å². The van der Waals surface area contributed by atoms with Crippen molar-refractivity contribution >= 4 is 11.9 Å². The molecule has 2 heteroatoms. The number of ether oxygens (including phenoxy) is 1. The van der Waals surface area contributed by atoms with Gasteiger partial charge in [0.15, 0.2) is 5.78 Å². The Morgan fingerprint density at radius 2 is 1.39 bits per heavy atom. The number of ketones is 1. The molecule has 0 aromatic heterocycles. The van der Waals surface area contributed by atoms with Gasteiger partial charge in [-0.25, -0.2) is 0 Å². The van der Waals surface area contributed by atoms with Crippen LogP contribution >= 0.6 is 0 Å². The van der Waals surface area contributed by atoms with Crippen LogP contribution in [0.15, 0.2) is 91.0 Å². The van der Waals surface area contributed by atoms with E-state index < -0.39 is 0 Å². The molecule has 0 saturated carbocycles. The highest BCUT2D eigenvalue weighted by molar-refractivity contribution is 6.07. The largest absolute Gasteiger partial charge is 0.457 e. The van der Waals surface area contributed by atoms with Gasteiger partial charge < -0.3 is 4.74 Å². The molecule has 3 aromatic rings. The van der Waals surface area contributed by atoms with E-state index in [0.29, 0.717) is 11.3 Å². The van der Waals surface area contributed by atoms with Crippen molar-refractivity contribution in [3.63, 3.8) is 0 Å². The first-order chi connectivity index (χ1) is 11.3. The Morgan fingerprint density at radius 1 is 0.739 bits per heavy atom. The highest BCUT2D eigenvalue weighted by Crippen LogP contribution is 2.22. The number of allylic oxidation sites excluding steroid dienone is 1. The van der Waals surface area contributed by atoms with Crippen molar-refractivity contribution in [3.05, 3.63) is 102 Å². The molecule has 0 unspecified atom stereocenters. The van der Waals surface area contributed by atoms with Gasteiger partial charge in [-0.3, -0.25) is 4.79 Å². The Balaban J connectivity index is 1.74. The molecule has 0 atom stereocenters. The molecule has 23 heavy (non-hydrogen) atoms. The van der Waals surface area contributed by atoms with Gasteiger partial charge in [-0.2, -0.15) is 0 Å². The molecule has 0 amide bonds. The summed E-state index contributed by atoms with van der Waals surface area (Å²) in [5.41, 5.74) is 1.60. The predicted molar refractivity (Wildman–Crippen MR) is 92.8 cm³/mol. The lowest BCUT2D eigenvalue weighted by atomic mass is 10.1. The second kappa shape index (κ2) is 7.23. The van der Waals surface area contributed by atoms with Crippen LogP contribution in [0.1, 0.15) is 15.9 Å². The first kappa shape index (κ1) is 14.8. The standard InChI is InChI=1S/C21H16O2/c22-21(15-14-17-8-3-1-4-9-17)18-10-7-13-20(16-18)23-19-11-5-2-6-12-19/h1-16H/b15-14+. The molecule has 2 nitrogen and oxygen atoms in total. The summed E-state index contributed by atoms with van der Waals surface area (Å²) < 4.78 is 5.76. The monoisotopic (exact) mass is 300 g/mol. The van der Waals surface area contributed by atoms with Crippen LogP contribution in [0.3, 0.4) is 0 Å². The zero-order valence-electron chi connectivity index (χ0n) is 12.6. The molecular formula is C21H16O2. The Bertz CT molecular complexity index is 806. The molecule has 0 spiro atoms. The quantitative estimate of drug-likeness (QED) is 0.467. The van der Waals surface area contributed by atoms with Gasteiger partial charge in [0.25, 0.3) is 0 Å². The maximum Gasteiger partial charge on any atom is 0.185 e. The summed E-state index contributed by atoms with van der Waals surface area (Å²) in [7, 11) is 0. The average molecular weight is 300 g/mol. The normalized spacial score (nSPS) is 10.6. The third-order valence-electron chi connectivity index (χ3n) is 3.32. The molecule has 0 aliphatic rings. The van der Waals surface area contributed by atoms with Gasteiger partial charge in [-0.15, -0.1) is 0 Å². The molecule has 0 aliphatic carbocycles. The summed E-state index contributed by atoms with van der Waals surface area (Å²) in [6.07, 6.45) is 3.39. The minimum Gasteiger partial charge on any atom is -0.457 e. The number of carbonyl (C=O) groups is 1. The lowest BCUT2D eigenvalue weighted by Crippen LogP contribution is -1.94. The molecule has 0 radical (unpaired) electrons. The summed E-state index contributed by atoms with van der Waals surface area (Å²) in [6.45, 7) is 0. The van der Waals surface area contributed by atoms with Crippen molar-refractivity contribution in [3.8, 4) is 11.5 Å². The summed E-state index contributed by atoms with van der Waals surface area (Å²) in [5.74, 6) is 1.35. The van der Waals surface area contributed by atoms with E-state index in [1.165, 1.54) is 0 Å². The predicted octanol–water partition coefficient (Wildman–Crippen LogP) is 5.38. The number of hydrogen-bond donors (Lipinski definition) is 0. The van der Waals surface area contributed by atoms with Crippen LogP contribution in [-0.2, 0) is 0 Å². The number of benzene rings is 3. The van der Waals surface area contributed by atoms with E-state index in [4.69, 9.17) is 4.74 Å². The lowest BCUT2D eigenvalue weighted by Gasteiger charge is -2.06. The molecule has 0 saturated heterocycles. The van der Waals surface area contributed by atoms with Gasteiger partial charge >= 0.3 is 0 Å². The van der Waals surface area contributed by atoms with Gasteiger partial charge in [0.1, 0.15) is 11.5 Å². The number of para-hydroxylation sites is 1. The topological polar surface area (TPSA) is 26.3 Å². The van der Waals surface area contributed by atoms with E-state index in [0.717, 1.165) is 11.3 Å². The number of carbonyl (C=O) groups excluding carboxylic acids is 1. The van der Waals surface area contributed by atoms with E-state index in [9.17, 15) is 4.79 Å². The number of rotatable bonds is 5. The first-order valence-electron chi connectivity index (χ1n) is 7.42. The Morgan fingerprint density at radius 3 is 2.13 bits per heavy atom. The van der Waals surface area contributed by atoms with E-state index >= 15 is 0 Å². The highest BCUT2D eigenvalue weighted by Gasteiger charge is 2.04. The summed E-state index contributed by atoms with van der Waals surface area (Å²) in [4.78, 5) is 12.3. The van der Waals surface area contributed by atoms with E-state index in [1.807, 2.05) is 78.9 Å². The van der Waals surface area contributed by atoms with Gasteiger partial charge in [0, 0.05) is 5.56 Å². The summed E-state index contributed by atoms with van der Waals surface area (Å²) in [5, 5.41) is 0. The lowest BCUT2D eigenvalue weighted by molar-refractivity contribution is 0.104. The molecule has 0 bridgehead atoms. The zero-order valence-corrected chi connectivity index (χ0v) is 12.6. The minimum absolute atomic E-state index is 0.0487. The van der Waals surface area contributed by atoms with E-state index in [1.54, 1.807) is 18.2 Å². The fourth-order valence-electron chi connectivity index (χ4n) is 2.17. The number of hydrogen-bond acceptors (Lipinski definition) is 2. The van der Waals surface area contributed by atoms with Crippen LogP contribution in [-0.4, -0.2) is 5.78 Å². The maximum atomic E-state index is 12.3. The van der Waals surface area contributed by atoms with Crippen LogP contribution in [0.25, 0.3) is 6.08 Å². The Labute approximate surface area is 135 Å². The highest BCUT2D eigenvalue weighted by atomic mass is 16.5.